The van der Waals surface area contributed by atoms with E-state index < -0.39 is 0 Å². The summed E-state index contributed by atoms with van der Waals surface area (Å²) < 4.78 is 2.62. The average molecular weight is 684 g/mol. The van der Waals surface area contributed by atoms with Crippen LogP contribution in [0, 0.1) is 0 Å². The lowest BCUT2D eigenvalue weighted by Crippen LogP contribution is -2.09. The average Bonchev–Trinajstić information content (AvgIpc) is 3.59. The Morgan fingerprint density at radius 2 is 0.808 bits per heavy atom. The molecule has 1 nitrogen and oxygen atoms in total. The molecule has 1 aromatic heterocycles. The van der Waals surface area contributed by atoms with E-state index in [0.717, 1.165) is 23.5 Å². The number of benzene rings is 8. The molecule has 8 aromatic carbocycles. The minimum atomic E-state index is 0.230. The number of thiophene rings is 1. The van der Waals surface area contributed by atoms with E-state index in [-0.39, 0.29) is 5.92 Å². The van der Waals surface area contributed by atoms with Gasteiger partial charge in [-0.2, -0.15) is 0 Å². The fourth-order valence-corrected chi connectivity index (χ4v) is 8.60. The summed E-state index contributed by atoms with van der Waals surface area (Å²) in [5.41, 5.74) is 12.4. The number of anilines is 3. The number of hydrogen-bond donors (Lipinski definition) is 0. The van der Waals surface area contributed by atoms with Crippen molar-refractivity contribution in [2.24, 2.45) is 0 Å². The van der Waals surface area contributed by atoms with Crippen molar-refractivity contribution in [1.29, 1.82) is 0 Å². The predicted molar refractivity (Wildman–Crippen MR) is 223 cm³/mol. The first-order chi connectivity index (χ1) is 25.8. The number of hydrogen-bond acceptors (Lipinski definition) is 2. The number of nitrogens with zero attached hydrogens (tertiary/aromatic N) is 1. The van der Waals surface area contributed by atoms with Crippen molar-refractivity contribution in [3.8, 4) is 22.3 Å². The zero-order valence-corrected chi connectivity index (χ0v) is 29.6. The number of para-hydroxylation sites is 2. The third kappa shape index (κ3) is 6.41. The molecule has 1 atom stereocenters. The molecule has 1 heterocycles. The molecule has 0 aliphatic rings. The summed E-state index contributed by atoms with van der Waals surface area (Å²) in [6, 6.07) is 74.9. The van der Waals surface area contributed by atoms with Crippen LogP contribution in [-0.2, 0) is 6.42 Å². The first kappa shape index (κ1) is 31.7. The summed E-state index contributed by atoms with van der Waals surface area (Å²) >= 11 is 1.89. The van der Waals surface area contributed by atoms with Gasteiger partial charge in [0.2, 0.25) is 0 Å². The van der Waals surface area contributed by atoms with Gasteiger partial charge in [0, 0.05) is 43.2 Å². The first-order valence-corrected chi connectivity index (χ1v) is 18.7. The SMILES string of the molecule is c1ccc(CC(c2ccc(-c3ccc(-c4ccccc4)cc3)cc2)c2ccc3c(c2)sc2cc(N(c4ccccc4)c4ccccc4)ccc23)cc1. The fourth-order valence-electron chi connectivity index (χ4n) is 7.41. The summed E-state index contributed by atoms with van der Waals surface area (Å²) in [7, 11) is 0. The fraction of sp³-hybridized carbons (Fsp3) is 0.0400. The second-order valence-corrected chi connectivity index (χ2v) is 14.4. The second kappa shape index (κ2) is 14.2. The van der Waals surface area contributed by atoms with Gasteiger partial charge in [0.05, 0.1) is 0 Å². The topological polar surface area (TPSA) is 3.24 Å². The van der Waals surface area contributed by atoms with Crippen LogP contribution in [-0.4, -0.2) is 0 Å². The molecule has 0 aliphatic carbocycles. The van der Waals surface area contributed by atoms with Crippen LogP contribution in [0.25, 0.3) is 42.4 Å². The highest BCUT2D eigenvalue weighted by atomic mass is 32.1. The van der Waals surface area contributed by atoms with E-state index in [1.807, 2.05) is 11.3 Å². The zero-order valence-electron chi connectivity index (χ0n) is 28.8. The molecule has 2 heteroatoms. The van der Waals surface area contributed by atoms with Crippen molar-refractivity contribution in [2.75, 3.05) is 4.90 Å². The van der Waals surface area contributed by atoms with Crippen LogP contribution in [0.2, 0.25) is 0 Å². The van der Waals surface area contributed by atoms with E-state index in [1.54, 1.807) is 0 Å². The molecule has 0 aliphatic heterocycles. The summed E-state index contributed by atoms with van der Waals surface area (Å²) in [4.78, 5) is 2.34. The first-order valence-electron chi connectivity index (χ1n) is 17.9. The highest BCUT2D eigenvalue weighted by molar-refractivity contribution is 7.25. The molecule has 0 N–H and O–H groups in total. The van der Waals surface area contributed by atoms with Gasteiger partial charge in [0.25, 0.3) is 0 Å². The lowest BCUT2D eigenvalue weighted by atomic mass is 9.85. The molecule has 0 bridgehead atoms. The summed E-state index contributed by atoms with van der Waals surface area (Å²) in [6.07, 6.45) is 0.940. The summed E-state index contributed by atoms with van der Waals surface area (Å²) in [5, 5.41) is 2.62. The van der Waals surface area contributed by atoms with Crippen molar-refractivity contribution < 1.29 is 0 Å². The highest BCUT2D eigenvalue weighted by Crippen LogP contribution is 2.42. The minimum absolute atomic E-state index is 0.230. The molecular weight excluding hydrogens is 647 g/mol. The van der Waals surface area contributed by atoms with E-state index in [1.165, 1.54) is 59.1 Å². The van der Waals surface area contributed by atoms with Crippen LogP contribution in [0.1, 0.15) is 22.6 Å². The third-order valence-corrected chi connectivity index (χ3v) is 11.2. The lowest BCUT2D eigenvalue weighted by Gasteiger charge is -2.25. The van der Waals surface area contributed by atoms with Gasteiger partial charge in [-0.25, -0.2) is 0 Å². The van der Waals surface area contributed by atoms with Crippen molar-refractivity contribution in [2.45, 2.75) is 12.3 Å². The van der Waals surface area contributed by atoms with Crippen LogP contribution in [0.4, 0.5) is 17.1 Å². The third-order valence-electron chi connectivity index (χ3n) is 10.1. The summed E-state index contributed by atoms with van der Waals surface area (Å²) in [6.45, 7) is 0. The van der Waals surface area contributed by atoms with Crippen molar-refractivity contribution in [3.05, 3.63) is 223 Å². The Hall–Kier alpha value is -6.22. The van der Waals surface area contributed by atoms with E-state index in [9.17, 15) is 0 Å². The molecule has 0 saturated heterocycles. The Morgan fingerprint density at radius 1 is 0.365 bits per heavy atom. The van der Waals surface area contributed by atoms with Gasteiger partial charge in [-0.05, 0) is 87.8 Å². The lowest BCUT2D eigenvalue weighted by molar-refractivity contribution is 0.807. The van der Waals surface area contributed by atoms with Gasteiger partial charge in [-0.3, -0.25) is 0 Å². The molecule has 248 valence electrons. The molecule has 0 fully saturated rings. The minimum Gasteiger partial charge on any atom is -0.310 e. The monoisotopic (exact) mass is 683 g/mol. The maximum atomic E-state index is 2.44. The molecule has 9 aromatic rings. The number of rotatable bonds is 9. The van der Waals surface area contributed by atoms with Gasteiger partial charge in [0.1, 0.15) is 0 Å². The standard InChI is InChI=1S/C50H37NS/c1-5-13-36(14-6-1)33-48(41-27-25-40(26-28-41)39-23-21-38(22-24-39)37-15-7-2-8-16-37)42-29-31-46-47-32-30-45(35-50(47)52-49(46)34-42)51(43-17-9-3-10-18-43)44-19-11-4-12-20-44/h1-32,34-35,48H,33H2. The highest BCUT2D eigenvalue weighted by Gasteiger charge is 2.19. The normalized spacial score (nSPS) is 11.8. The van der Waals surface area contributed by atoms with Gasteiger partial charge in [0.15, 0.2) is 0 Å². The molecule has 0 amide bonds. The maximum Gasteiger partial charge on any atom is 0.0476 e. The molecular formula is C50H37NS. The van der Waals surface area contributed by atoms with Gasteiger partial charge in [-0.15, -0.1) is 11.3 Å². The van der Waals surface area contributed by atoms with E-state index in [2.05, 4.69) is 211 Å². The van der Waals surface area contributed by atoms with E-state index in [4.69, 9.17) is 0 Å². The van der Waals surface area contributed by atoms with Gasteiger partial charge in [-0.1, -0.05) is 164 Å². The largest absolute Gasteiger partial charge is 0.310 e. The Kier molecular flexibility index (Phi) is 8.66. The molecule has 0 radical (unpaired) electrons. The van der Waals surface area contributed by atoms with E-state index in [0.29, 0.717) is 0 Å². The molecule has 0 spiro atoms. The molecule has 9 rings (SSSR count). The molecule has 1 unspecified atom stereocenters. The second-order valence-electron chi connectivity index (χ2n) is 13.4. The Morgan fingerprint density at radius 3 is 1.38 bits per heavy atom. The van der Waals surface area contributed by atoms with Crippen LogP contribution in [0.5, 0.6) is 0 Å². The van der Waals surface area contributed by atoms with Crippen molar-refractivity contribution >= 4 is 48.6 Å². The van der Waals surface area contributed by atoms with Crippen LogP contribution in [0.3, 0.4) is 0 Å². The smallest absolute Gasteiger partial charge is 0.0476 e. The Bertz CT molecular complexity index is 2520. The van der Waals surface area contributed by atoms with E-state index >= 15 is 0 Å². The zero-order chi connectivity index (χ0) is 34.7. The van der Waals surface area contributed by atoms with Crippen molar-refractivity contribution in [1.82, 2.24) is 0 Å². The van der Waals surface area contributed by atoms with Crippen LogP contribution >= 0.6 is 11.3 Å². The van der Waals surface area contributed by atoms with Crippen LogP contribution < -0.4 is 4.90 Å². The maximum absolute atomic E-state index is 2.44. The van der Waals surface area contributed by atoms with Gasteiger partial charge >= 0.3 is 0 Å². The number of fused-ring (bicyclic) bond motifs is 3. The van der Waals surface area contributed by atoms with Crippen LogP contribution in [0.15, 0.2) is 206 Å². The molecule has 52 heavy (non-hydrogen) atoms. The predicted octanol–water partition coefficient (Wildman–Crippen LogP) is 14.2. The Balaban J connectivity index is 1.06. The van der Waals surface area contributed by atoms with Crippen molar-refractivity contribution in [3.63, 3.8) is 0 Å². The quantitative estimate of drug-likeness (QED) is 0.146. The summed E-state index contributed by atoms with van der Waals surface area (Å²) in [5.74, 6) is 0.230. The van der Waals surface area contributed by atoms with Gasteiger partial charge < -0.3 is 4.90 Å². The Labute approximate surface area is 309 Å². The molecule has 0 saturated carbocycles.